The van der Waals surface area contributed by atoms with Crippen molar-refractivity contribution in [2.24, 2.45) is 5.73 Å². The van der Waals surface area contributed by atoms with E-state index < -0.39 is 12.0 Å². The van der Waals surface area contributed by atoms with Gasteiger partial charge in [-0.3, -0.25) is 5.41 Å². The van der Waals surface area contributed by atoms with Crippen molar-refractivity contribution in [1.82, 2.24) is 0 Å². The van der Waals surface area contributed by atoms with Gasteiger partial charge in [-0.05, 0) is 53.9 Å². The molecule has 134 valence electrons. The van der Waals surface area contributed by atoms with Gasteiger partial charge in [-0.2, -0.15) is 0 Å². The molecule has 0 saturated carbocycles. The Labute approximate surface area is 152 Å². The number of methoxy groups -OCH3 is 1. The average molecular weight is 363 g/mol. The summed E-state index contributed by atoms with van der Waals surface area (Å²) in [5.74, 6) is -0.539. The number of nitrogen functional groups attached to an aromatic ring is 1. The average Bonchev–Trinajstić information content (AvgIpc) is 2.59. The van der Waals surface area contributed by atoms with Crippen LogP contribution in [0.3, 0.4) is 0 Å². The molecule has 1 unspecified atom stereocenters. The zero-order valence-electron chi connectivity index (χ0n) is 14.0. The number of rotatable bonds is 7. The number of hydrogen-bond acceptors (Lipinski definition) is 5. The Hall–Kier alpha value is -2.73. The van der Waals surface area contributed by atoms with Crippen LogP contribution in [0.4, 0.5) is 5.69 Å². The number of carboxylic acids is 1. The van der Waals surface area contributed by atoms with Crippen LogP contribution in [-0.2, 0) is 11.2 Å². The van der Waals surface area contributed by atoms with Crippen molar-refractivity contribution >= 4 is 29.9 Å². The van der Waals surface area contributed by atoms with E-state index in [9.17, 15) is 9.90 Å². The van der Waals surface area contributed by atoms with Crippen molar-refractivity contribution in [3.05, 3.63) is 59.2 Å². The summed E-state index contributed by atoms with van der Waals surface area (Å²) in [4.78, 5) is 11.6. The van der Waals surface area contributed by atoms with Gasteiger partial charge >= 0.3 is 0 Å². The van der Waals surface area contributed by atoms with Crippen molar-refractivity contribution in [2.75, 3.05) is 12.4 Å². The Morgan fingerprint density at radius 3 is 2.40 bits per heavy atom. The van der Waals surface area contributed by atoms with E-state index in [1.54, 1.807) is 49.6 Å². The van der Waals surface area contributed by atoms with E-state index in [1.807, 2.05) is 6.92 Å². The van der Waals surface area contributed by atoms with E-state index in [1.165, 1.54) is 0 Å². The summed E-state index contributed by atoms with van der Waals surface area (Å²) >= 11 is 0. The Kier molecular flexibility index (Phi) is 7.26. The number of halogens is 1. The summed E-state index contributed by atoms with van der Waals surface area (Å²) in [6, 6.07) is 10.9. The lowest BCUT2D eigenvalue weighted by atomic mass is 10.0. The number of carbonyl (C=O) groups is 1. The van der Waals surface area contributed by atoms with Gasteiger partial charge in [0.1, 0.15) is 11.6 Å². The van der Waals surface area contributed by atoms with E-state index in [2.05, 4.69) is 5.32 Å². The molecular weight excluding hydrogens is 342 g/mol. The third-order valence-electron chi connectivity index (χ3n) is 3.76. The first kappa shape index (κ1) is 20.3. The molecule has 0 spiro atoms. The third-order valence-corrected chi connectivity index (χ3v) is 3.76. The van der Waals surface area contributed by atoms with E-state index in [0.717, 1.165) is 17.7 Å². The van der Waals surface area contributed by atoms with Crippen LogP contribution < -0.4 is 20.9 Å². The van der Waals surface area contributed by atoms with Crippen molar-refractivity contribution in [2.45, 2.75) is 19.4 Å². The largest absolute Gasteiger partial charge is 0.548 e. The highest BCUT2D eigenvalue weighted by atomic mass is 35.5. The molecule has 0 heterocycles. The van der Waals surface area contributed by atoms with Gasteiger partial charge < -0.3 is 25.7 Å². The van der Waals surface area contributed by atoms with Crippen molar-refractivity contribution in [3.8, 4) is 5.75 Å². The molecule has 0 saturated heterocycles. The summed E-state index contributed by atoms with van der Waals surface area (Å²) < 4.78 is 5.27. The number of aryl methyl sites for hydroxylation is 1. The first-order valence-corrected chi connectivity index (χ1v) is 7.55. The van der Waals surface area contributed by atoms with Crippen LogP contribution in [0.2, 0.25) is 0 Å². The molecule has 2 aromatic rings. The molecule has 0 aliphatic heterocycles. The summed E-state index contributed by atoms with van der Waals surface area (Å²) in [7, 11) is 1.58. The summed E-state index contributed by atoms with van der Waals surface area (Å²) in [6.45, 7) is 1.98. The van der Waals surface area contributed by atoms with E-state index in [0.29, 0.717) is 16.8 Å². The van der Waals surface area contributed by atoms with Gasteiger partial charge in [-0.1, -0.05) is 13.0 Å². The van der Waals surface area contributed by atoms with Crippen LogP contribution in [0.25, 0.3) is 0 Å². The Bertz CT molecular complexity index is 748. The molecular formula is C18H21ClN3O3-. The number of nitrogens with two attached hydrogens (primary N) is 1. The molecule has 4 N–H and O–H groups in total. The van der Waals surface area contributed by atoms with E-state index >= 15 is 0 Å². The fraction of sp³-hybridized carbons (Fsp3) is 0.222. The fourth-order valence-corrected chi connectivity index (χ4v) is 2.45. The van der Waals surface area contributed by atoms with Crippen LogP contribution in [0.5, 0.6) is 5.75 Å². The smallest absolute Gasteiger partial charge is 0.122 e. The number of carboxylic acid groups (broad SMARTS) is 1. The number of amidine groups is 1. The van der Waals surface area contributed by atoms with Gasteiger partial charge in [-0.25, -0.2) is 0 Å². The maximum absolute atomic E-state index is 11.6. The van der Waals surface area contributed by atoms with Crippen LogP contribution in [-0.4, -0.2) is 18.9 Å². The van der Waals surface area contributed by atoms with Crippen molar-refractivity contribution in [3.63, 3.8) is 0 Å². The van der Waals surface area contributed by atoms with Crippen LogP contribution in [0, 0.1) is 5.41 Å². The number of nitrogens with one attached hydrogen (secondary N) is 2. The van der Waals surface area contributed by atoms with Crippen LogP contribution in [0.1, 0.15) is 29.7 Å². The number of ether oxygens (including phenoxy) is 1. The number of hydrogen-bond donors (Lipinski definition) is 3. The minimum atomic E-state index is -1.22. The topological polar surface area (TPSA) is 111 Å². The lowest BCUT2D eigenvalue weighted by Gasteiger charge is -2.22. The van der Waals surface area contributed by atoms with E-state index in [-0.39, 0.29) is 18.2 Å². The van der Waals surface area contributed by atoms with Crippen molar-refractivity contribution in [1.29, 1.82) is 5.41 Å². The predicted octanol–water partition coefficient (Wildman–Crippen LogP) is 1.87. The summed E-state index contributed by atoms with van der Waals surface area (Å²) in [5.41, 5.74) is 8.10. The quantitative estimate of drug-likeness (QED) is 0.514. The van der Waals surface area contributed by atoms with Gasteiger partial charge in [0.15, 0.2) is 0 Å². The number of carbonyl (C=O) groups excluding carboxylic acids is 1. The van der Waals surface area contributed by atoms with Gasteiger partial charge in [0.05, 0.1) is 19.1 Å². The monoisotopic (exact) mass is 362 g/mol. The predicted molar refractivity (Wildman–Crippen MR) is 98.4 cm³/mol. The SMILES string of the molecule is CCc1cc(C(Nc2ccc(C(=N)N)cc2)C(=O)[O-])ccc1OC.Cl. The highest BCUT2D eigenvalue weighted by Crippen LogP contribution is 2.26. The summed E-state index contributed by atoms with van der Waals surface area (Å²) in [6.07, 6.45) is 0.726. The number of benzene rings is 2. The minimum absolute atomic E-state index is 0. The molecule has 6 nitrogen and oxygen atoms in total. The maximum Gasteiger partial charge on any atom is 0.122 e. The van der Waals surface area contributed by atoms with Gasteiger partial charge in [0.2, 0.25) is 0 Å². The lowest BCUT2D eigenvalue weighted by Crippen LogP contribution is -2.34. The van der Waals surface area contributed by atoms with E-state index in [4.69, 9.17) is 15.9 Å². The second-order valence-corrected chi connectivity index (χ2v) is 5.31. The first-order chi connectivity index (χ1) is 11.5. The van der Waals surface area contributed by atoms with Crippen LogP contribution >= 0.6 is 12.4 Å². The molecule has 0 aliphatic rings. The molecule has 1 atom stereocenters. The van der Waals surface area contributed by atoms with Gasteiger partial charge in [-0.15, -0.1) is 12.4 Å². The molecule has 0 radical (unpaired) electrons. The lowest BCUT2D eigenvalue weighted by molar-refractivity contribution is -0.307. The fourth-order valence-electron chi connectivity index (χ4n) is 2.45. The van der Waals surface area contributed by atoms with Gasteiger partial charge in [0, 0.05) is 11.3 Å². The molecule has 2 rings (SSSR count). The van der Waals surface area contributed by atoms with Crippen LogP contribution in [0.15, 0.2) is 42.5 Å². The molecule has 25 heavy (non-hydrogen) atoms. The standard InChI is InChI=1S/C18H21N3O3.ClH/c1-3-11-10-13(6-9-15(11)24-2)16(18(22)23)21-14-7-4-12(5-8-14)17(19)20;/h4-10,16,21H,3H2,1-2H3,(H3,19,20)(H,22,23);1H/p-1. The molecule has 0 aromatic heterocycles. The van der Waals surface area contributed by atoms with Crippen molar-refractivity contribution < 1.29 is 14.6 Å². The minimum Gasteiger partial charge on any atom is -0.548 e. The second-order valence-electron chi connectivity index (χ2n) is 5.31. The molecule has 0 aliphatic carbocycles. The number of anilines is 1. The molecule has 2 aromatic carbocycles. The normalized spacial score (nSPS) is 11.1. The Balaban J connectivity index is 0.00000312. The maximum atomic E-state index is 11.6. The Morgan fingerprint density at radius 2 is 1.92 bits per heavy atom. The molecule has 0 bridgehead atoms. The zero-order chi connectivity index (χ0) is 17.7. The highest BCUT2D eigenvalue weighted by Gasteiger charge is 2.15. The summed E-state index contributed by atoms with van der Waals surface area (Å²) in [5, 5.41) is 21.9. The first-order valence-electron chi connectivity index (χ1n) is 7.55. The molecule has 7 heteroatoms. The Morgan fingerprint density at radius 1 is 1.28 bits per heavy atom. The third kappa shape index (κ3) is 4.87. The number of aliphatic carboxylic acids is 1. The van der Waals surface area contributed by atoms with Gasteiger partial charge in [0.25, 0.3) is 0 Å². The highest BCUT2D eigenvalue weighted by molar-refractivity contribution is 5.95. The molecule has 0 amide bonds. The molecule has 0 fully saturated rings. The second kappa shape index (κ2) is 8.94. The zero-order valence-corrected chi connectivity index (χ0v) is 14.9.